The lowest BCUT2D eigenvalue weighted by Gasteiger charge is -2.33. The van der Waals surface area contributed by atoms with Gasteiger partial charge in [-0.3, -0.25) is 0 Å². The number of hydrogen-bond donors (Lipinski definition) is 3. The van der Waals surface area contributed by atoms with E-state index in [0.717, 1.165) is 56.7 Å². The standard InChI is InChI=1S/C29H37N7O/c1-17(2)26-23-13-21(20-8-11-35(12-9-20)29(37)33-22-7-10-30-14-22)5-6-25(23)34-27(26)24-15-36-28(31-16-32-36)19(4)18(24)3/h5-6,13,15-17,20,22,30,34H,7-12,14H2,1-4H3,(H,33,37)/t22-/m1/s1. The van der Waals surface area contributed by atoms with Crippen LogP contribution in [0.5, 0.6) is 0 Å². The number of piperidine rings is 1. The van der Waals surface area contributed by atoms with Gasteiger partial charge in [-0.2, -0.15) is 5.10 Å². The Hall–Kier alpha value is -3.39. The molecule has 5 heterocycles. The molecule has 0 spiro atoms. The van der Waals surface area contributed by atoms with Crippen LogP contribution in [0.4, 0.5) is 4.79 Å². The first-order valence-electron chi connectivity index (χ1n) is 13.6. The van der Waals surface area contributed by atoms with Crippen molar-refractivity contribution in [3.05, 3.63) is 53.0 Å². The molecule has 2 fully saturated rings. The number of benzene rings is 1. The molecule has 4 aromatic rings. The quantitative estimate of drug-likeness (QED) is 0.374. The number of nitrogens with zero attached hydrogens (tertiary/aromatic N) is 4. The summed E-state index contributed by atoms with van der Waals surface area (Å²) in [5.74, 6) is 0.830. The minimum absolute atomic E-state index is 0.0926. The molecule has 0 aliphatic carbocycles. The molecule has 0 bridgehead atoms. The minimum atomic E-state index is 0.0926. The predicted octanol–water partition coefficient (Wildman–Crippen LogP) is 4.87. The Morgan fingerprint density at radius 1 is 1.14 bits per heavy atom. The molecule has 2 amide bonds. The lowest BCUT2D eigenvalue weighted by molar-refractivity contribution is 0.178. The highest BCUT2D eigenvalue weighted by Gasteiger charge is 2.27. The van der Waals surface area contributed by atoms with E-state index in [0.29, 0.717) is 11.8 Å². The summed E-state index contributed by atoms with van der Waals surface area (Å²) < 4.78 is 1.88. The lowest BCUT2D eigenvalue weighted by atomic mass is 9.87. The maximum atomic E-state index is 12.7. The summed E-state index contributed by atoms with van der Waals surface area (Å²) in [5.41, 5.74) is 9.53. The number of aromatic nitrogens is 4. The Balaban J connectivity index is 1.28. The average Bonchev–Trinajstić information content (AvgIpc) is 3.65. The van der Waals surface area contributed by atoms with Gasteiger partial charge in [0.2, 0.25) is 0 Å². The first kappa shape index (κ1) is 24.0. The molecule has 8 heteroatoms. The van der Waals surface area contributed by atoms with Gasteiger partial charge in [-0.05, 0) is 85.9 Å². The Morgan fingerprint density at radius 2 is 1.95 bits per heavy atom. The van der Waals surface area contributed by atoms with Gasteiger partial charge in [0.25, 0.3) is 0 Å². The number of fused-ring (bicyclic) bond motifs is 2. The molecule has 0 saturated carbocycles. The summed E-state index contributed by atoms with van der Waals surface area (Å²) in [5, 5.41) is 12.2. The van der Waals surface area contributed by atoms with Gasteiger partial charge in [0.1, 0.15) is 6.33 Å². The van der Waals surface area contributed by atoms with Crippen LogP contribution in [0.3, 0.4) is 0 Å². The third-order valence-electron chi connectivity index (χ3n) is 8.48. The first-order chi connectivity index (χ1) is 17.9. The summed E-state index contributed by atoms with van der Waals surface area (Å²) in [6, 6.07) is 7.27. The number of likely N-dealkylation sites (tertiary alicyclic amines) is 1. The third-order valence-corrected chi connectivity index (χ3v) is 8.48. The maximum Gasteiger partial charge on any atom is 0.317 e. The van der Waals surface area contributed by atoms with Crippen LogP contribution in [0.25, 0.3) is 27.8 Å². The molecule has 2 aliphatic rings. The lowest BCUT2D eigenvalue weighted by Crippen LogP contribution is -2.48. The van der Waals surface area contributed by atoms with Crippen molar-refractivity contribution >= 4 is 22.6 Å². The van der Waals surface area contributed by atoms with Crippen molar-refractivity contribution in [2.45, 2.75) is 64.8 Å². The second-order valence-electron chi connectivity index (χ2n) is 11.1. The monoisotopic (exact) mass is 499 g/mol. The smallest absolute Gasteiger partial charge is 0.317 e. The van der Waals surface area contributed by atoms with E-state index in [4.69, 9.17) is 0 Å². The largest absolute Gasteiger partial charge is 0.354 e. The number of amides is 2. The van der Waals surface area contributed by atoms with Crippen LogP contribution in [0.15, 0.2) is 30.7 Å². The van der Waals surface area contributed by atoms with Crippen molar-refractivity contribution < 1.29 is 4.79 Å². The molecule has 37 heavy (non-hydrogen) atoms. The van der Waals surface area contributed by atoms with Crippen molar-refractivity contribution in [2.75, 3.05) is 26.2 Å². The molecule has 3 aromatic heterocycles. The van der Waals surface area contributed by atoms with E-state index in [1.165, 1.54) is 38.9 Å². The van der Waals surface area contributed by atoms with Gasteiger partial charge in [-0.25, -0.2) is 14.3 Å². The first-order valence-corrected chi connectivity index (χ1v) is 13.6. The fourth-order valence-corrected chi connectivity index (χ4v) is 6.21. The Kier molecular flexibility index (Phi) is 6.15. The fourth-order valence-electron chi connectivity index (χ4n) is 6.21. The van der Waals surface area contributed by atoms with Gasteiger partial charge in [-0.1, -0.05) is 19.9 Å². The number of carbonyl (C=O) groups excluding carboxylic acids is 1. The van der Waals surface area contributed by atoms with Crippen molar-refractivity contribution in [3.8, 4) is 11.3 Å². The molecule has 2 saturated heterocycles. The highest BCUT2D eigenvalue weighted by Crippen LogP contribution is 2.40. The van der Waals surface area contributed by atoms with Gasteiger partial charge in [-0.15, -0.1) is 0 Å². The molecule has 1 aromatic carbocycles. The molecule has 6 rings (SSSR count). The summed E-state index contributed by atoms with van der Waals surface area (Å²) >= 11 is 0. The van der Waals surface area contributed by atoms with Crippen LogP contribution in [-0.2, 0) is 0 Å². The number of nitrogens with one attached hydrogen (secondary N) is 3. The van der Waals surface area contributed by atoms with Gasteiger partial charge in [0, 0.05) is 48.3 Å². The Bertz CT molecular complexity index is 1450. The summed E-state index contributed by atoms with van der Waals surface area (Å²) in [6.07, 6.45) is 6.73. The number of aromatic amines is 1. The van der Waals surface area contributed by atoms with Crippen molar-refractivity contribution in [3.63, 3.8) is 0 Å². The summed E-state index contributed by atoms with van der Waals surface area (Å²) in [7, 11) is 0. The Labute approximate surface area is 217 Å². The molecule has 8 nitrogen and oxygen atoms in total. The molecule has 3 N–H and O–H groups in total. The van der Waals surface area contributed by atoms with E-state index in [9.17, 15) is 4.79 Å². The molecule has 194 valence electrons. The number of hydrogen-bond acceptors (Lipinski definition) is 4. The summed E-state index contributed by atoms with van der Waals surface area (Å²) in [4.78, 5) is 22.9. The van der Waals surface area contributed by atoms with E-state index < -0.39 is 0 Å². The number of H-pyrrole nitrogens is 1. The number of pyridine rings is 1. The van der Waals surface area contributed by atoms with Gasteiger partial charge < -0.3 is 20.5 Å². The molecule has 1 atom stereocenters. The maximum absolute atomic E-state index is 12.7. The number of rotatable bonds is 4. The highest BCUT2D eigenvalue weighted by molar-refractivity contribution is 5.92. The van der Waals surface area contributed by atoms with Crippen LogP contribution in [0.2, 0.25) is 0 Å². The van der Waals surface area contributed by atoms with Crippen molar-refractivity contribution in [1.29, 1.82) is 0 Å². The summed E-state index contributed by atoms with van der Waals surface area (Å²) in [6.45, 7) is 12.3. The van der Waals surface area contributed by atoms with Crippen LogP contribution >= 0.6 is 0 Å². The number of aryl methyl sites for hydroxylation is 1. The Morgan fingerprint density at radius 3 is 2.68 bits per heavy atom. The zero-order valence-corrected chi connectivity index (χ0v) is 22.3. The highest BCUT2D eigenvalue weighted by atomic mass is 16.2. The van der Waals surface area contributed by atoms with Crippen LogP contribution in [-0.4, -0.2) is 62.7 Å². The fraction of sp³-hybridized carbons (Fsp3) is 0.483. The normalized spacial score (nSPS) is 18.9. The zero-order chi connectivity index (χ0) is 25.7. The molecular weight excluding hydrogens is 462 g/mol. The molecular formula is C29H37N7O. The third kappa shape index (κ3) is 4.27. The van der Waals surface area contributed by atoms with Crippen molar-refractivity contribution in [1.82, 2.24) is 35.1 Å². The SMILES string of the molecule is Cc1c(-c2[nH]c3ccc(C4CCN(C(=O)N[C@@H]5CCNC5)CC4)cc3c2C(C)C)cn2ncnc2c1C. The van der Waals surface area contributed by atoms with E-state index >= 15 is 0 Å². The van der Waals surface area contributed by atoms with Crippen LogP contribution in [0.1, 0.15) is 67.2 Å². The van der Waals surface area contributed by atoms with Gasteiger partial charge >= 0.3 is 6.03 Å². The molecule has 2 aliphatic heterocycles. The van der Waals surface area contributed by atoms with E-state index in [1.807, 2.05) is 9.42 Å². The molecule has 0 radical (unpaired) electrons. The van der Waals surface area contributed by atoms with Gasteiger partial charge in [0.05, 0.1) is 5.69 Å². The van der Waals surface area contributed by atoms with E-state index in [2.05, 4.69) is 77.8 Å². The average molecular weight is 500 g/mol. The van der Waals surface area contributed by atoms with E-state index in [-0.39, 0.29) is 12.1 Å². The van der Waals surface area contributed by atoms with Gasteiger partial charge in [0.15, 0.2) is 5.65 Å². The molecule has 0 unspecified atom stereocenters. The van der Waals surface area contributed by atoms with E-state index in [1.54, 1.807) is 6.33 Å². The number of carbonyl (C=O) groups is 1. The van der Waals surface area contributed by atoms with Crippen molar-refractivity contribution in [2.24, 2.45) is 0 Å². The zero-order valence-electron chi connectivity index (χ0n) is 22.3. The minimum Gasteiger partial charge on any atom is -0.354 e. The second kappa shape index (κ2) is 9.49. The number of urea groups is 1. The topological polar surface area (TPSA) is 90.4 Å². The second-order valence-corrected chi connectivity index (χ2v) is 11.1. The van der Waals surface area contributed by atoms with Crippen LogP contribution in [0, 0.1) is 13.8 Å². The van der Waals surface area contributed by atoms with Crippen LogP contribution < -0.4 is 10.6 Å². The predicted molar refractivity (Wildman–Crippen MR) is 147 cm³/mol.